The van der Waals surface area contributed by atoms with Crippen LogP contribution in [-0.4, -0.2) is 24.0 Å². The summed E-state index contributed by atoms with van der Waals surface area (Å²) in [7, 11) is 0. The van der Waals surface area contributed by atoms with Crippen LogP contribution in [0.1, 0.15) is 16.7 Å². The monoisotopic (exact) mass is 370 g/mol. The maximum Gasteiger partial charge on any atom is 0.416 e. The van der Waals surface area contributed by atoms with Crippen molar-refractivity contribution in [2.24, 2.45) is 0 Å². The molecule has 0 aliphatic carbocycles. The smallest absolute Gasteiger partial charge is 0.318 e. The summed E-state index contributed by atoms with van der Waals surface area (Å²) in [6, 6.07) is 6.21. The molecule has 3 rings (SSSR count). The van der Waals surface area contributed by atoms with Gasteiger partial charge in [-0.05, 0) is 30.7 Å². The summed E-state index contributed by atoms with van der Waals surface area (Å²) in [6.07, 6.45) is -4.51. The molecule has 0 saturated carbocycles. The maximum atomic E-state index is 13.8. The van der Waals surface area contributed by atoms with Gasteiger partial charge in [0.05, 0.1) is 12.1 Å². The first-order valence-corrected chi connectivity index (χ1v) is 7.85. The van der Waals surface area contributed by atoms with Gasteiger partial charge in [-0.2, -0.15) is 13.2 Å². The van der Waals surface area contributed by atoms with Crippen LogP contribution in [0.4, 0.5) is 32.4 Å². The Kier molecular flexibility index (Phi) is 4.60. The molecule has 0 bridgehead atoms. The topological polar surface area (TPSA) is 23.6 Å². The molecule has 1 aliphatic rings. The number of urea groups is 1. The summed E-state index contributed by atoms with van der Waals surface area (Å²) >= 11 is 0. The van der Waals surface area contributed by atoms with Crippen molar-refractivity contribution in [1.29, 1.82) is 0 Å². The van der Waals surface area contributed by atoms with Gasteiger partial charge in [-0.25, -0.2) is 13.6 Å². The number of hydrogen-bond donors (Lipinski definition) is 0. The van der Waals surface area contributed by atoms with Gasteiger partial charge in [-0.1, -0.05) is 12.1 Å². The Morgan fingerprint density at radius 3 is 2.46 bits per heavy atom. The number of anilines is 1. The van der Waals surface area contributed by atoms with Crippen LogP contribution in [0.5, 0.6) is 0 Å². The van der Waals surface area contributed by atoms with E-state index in [2.05, 4.69) is 0 Å². The molecule has 0 unspecified atom stereocenters. The zero-order chi connectivity index (χ0) is 19.1. The van der Waals surface area contributed by atoms with Crippen molar-refractivity contribution in [2.45, 2.75) is 19.6 Å². The fourth-order valence-corrected chi connectivity index (χ4v) is 3.03. The lowest BCUT2D eigenvalue weighted by Gasteiger charge is -2.22. The molecule has 0 radical (unpaired) electrons. The second kappa shape index (κ2) is 6.59. The molecule has 2 amide bonds. The molecule has 2 aromatic rings. The van der Waals surface area contributed by atoms with Crippen molar-refractivity contribution in [2.75, 3.05) is 18.0 Å². The molecular formula is C18H15F5N2O. The second-order valence-electron chi connectivity index (χ2n) is 6.04. The van der Waals surface area contributed by atoms with Crippen LogP contribution < -0.4 is 4.90 Å². The Morgan fingerprint density at radius 2 is 1.81 bits per heavy atom. The third kappa shape index (κ3) is 3.36. The molecule has 138 valence electrons. The van der Waals surface area contributed by atoms with Gasteiger partial charge >= 0.3 is 12.2 Å². The van der Waals surface area contributed by atoms with E-state index in [1.54, 1.807) is 0 Å². The van der Waals surface area contributed by atoms with E-state index in [4.69, 9.17) is 0 Å². The molecule has 1 saturated heterocycles. The number of alkyl halides is 3. The minimum atomic E-state index is -4.51. The highest BCUT2D eigenvalue weighted by molar-refractivity contribution is 5.95. The largest absolute Gasteiger partial charge is 0.416 e. The summed E-state index contributed by atoms with van der Waals surface area (Å²) in [5.74, 6) is -1.49. The predicted octanol–water partition coefficient (Wildman–Crippen LogP) is 4.73. The SMILES string of the molecule is Cc1c(N2CCN(Cc3ccc(F)cc3F)C2=O)cccc1C(F)(F)F. The Morgan fingerprint density at radius 1 is 1.08 bits per heavy atom. The number of nitrogens with zero attached hydrogens (tertiary/aromatic N) is 2. The van der Waals surface area contributed by atoms with E-state index in [-0.39, 0.29) is 36.4 Å². The van der Waals surface area contributed by atoms with Gasteiger partial charge in [-0.15, -0.1) is 0 Å². The first kappa shape index (κ1) is 18.2. The van der Waals surface area contributed by atoms with Gasteiger partial charge in [0.15, 0.2) is 0 Å². The summed E-state index contributed by atoms with van der Waals surface area (Å²) in [5, 5.41) is 0. The van der Waals surface area contributed by atoms with Gasteiger partial charge < -0.3 is 4.90 Å². The van der Waals surface area contributed by atoms with Gasteiger partial charge in [0.2, 0.25) is 0 Å². The molecule has 0 N–H and O–H groups in total. The lowest BCUT2D eigenvalue weighted by Crippen LogP contribution is -2.32. The standard InChI is InChI=1S/C18H15F5N2O/c1-11-14(18(21,22)23)3-2-4-16(11)25-8-7-24(17(25)26)10-12-5-6-13(19)9-15(12)20/h2-6,9H,7-8,10H2,1H3. The Balaban J connectivity index is 1.84. The van der Waals surface area contributed by atoms with Crippen LogP contribution in [0.2, 0.25) is 0 Å². The van der Waals surface area contributed by atoms with Crippen molar-refractivity contribution in [3.05, 3.63) is 64.7 Å². The Bertz CT molecular complexity index is 850. The van der Waals surface area contributed by atoms with Crippen molar-refractivity contribution < 1.29 is 26.7 Å². The molecule has 1 heterocycles. The Hall–Kier alpha value is -2.64. The molecular weight excluding hydrogens is 355 g/mol. The van der Waals surface area contributed by atoms with Crippen LogP contribution >= 0.6 is 0 Å². The number of hydrogen-bond acceptors (Lipinski definition) is 1. The van der Waals surface area contributed by atoms with Crippen LogP contribution in [-0.2, 0) is 12.7 Å². The third-order valence-corrected chi connectivity index (χ3v) is 4.37. The summed E-state index contributed by atoms with van der Waals surface area (Å²) in [4.78, 5) is 15.1. The minimum Gasteiger partial charge on any atom is -0.318 e. The van der Waals surface area contributed by atoms with E-state index < -0.39 is 29.4 Å². The van der Waals surface area contributed by atoms with Gasteiger partial charge in [0.25, 0.3) is 0 Å². The molecule has 8 heteroatoms. The van der Waals surface area contributed by atoms with E-state index in [1.807, 2.05) is 0 Å². The van der Waals surface area contributed by atoms with Gasteiger partial charge in [-0.3, -0.25) is 4.90 Å². The first-order chi connectivity index (χ1) is 12.2. The van der Waals surface area contributed by atoms with Crippen LogP contribution in [0, 0.1) is 18.6 Å². The summed E-state index contributed by atoms with van der Waals surface area (Å²) in [5.41, 5.74) is -0.525. The highest BCUT2D eigenvalue weighted by atomic mass is 19.4. The van der Waals surface area contributed by atoms with Crippen molar-refractivity contribution in [1.82, 2.24) is 4.90 Å². The van der Waals surface area contributed by atoms with Gasteiger partial charge in [0.1, 0.15) is 11.6 Å². The fraction of sp³-hybridized carbons (Fsp3) is 0.278. The maximum absolute atomic E-state index is 13.8. The van der Waals surface area contributed by atoms with E-state index >= 15 is 0 Å². The second-order valence-corrected chi connectivity index (χ2v) is 6.04. The van der Waals surface area contributed by atoms with Crippen molar-refractivity contribution in [3.8, 4) is 0 Å². The summed E-state index contributed by atoms with van der Waals surface area (Å²) < 4.78 is 66.0. The minimum absolute atomic E-state index is 0.0387. The van der Waals surface area contributed by atoms with E-state index in [0.29, 0.717) is 0 Å². The van der Waals surface area contributed by atoms with E-state index in [0.717, 1.165) is 18.2 Å². The number of benzene rings is 2. The average Bonchev–Trinajstić information content (AvgIpc) is 2.90. The molecule has 3 nitrogen and oxygen atoms in total. The third-order valence-electron chi connectivity index (χ3n) is 4.37. The highest BCUT2D eigenvalue weighted by Crippen LogP contribution is 2.36. The van der Waals surface area contributed by atoms with Crippen LogP contribution in [0.25, 0.3) is 0 Å². The van der Waals surface area contributed by atoms with Crippen LogP contribution in [0.15, 0.2) is 36.4 Å². The zero-order valence-corrected chi connectivity index (χ0v) is 13.8. The summed E-state index contributed by atoms with van der Waals surface area (Å²) in [6.45, 7) is 1.64. The molecule has 0 spiro atoms. The number of amides is 2. The van der Waals surface area contributed by atoms with E-state index in [1.165, 1.54) is 34.9 Å². The fourth-order valence-electron chi connectivity index (χ4n) is 3.03. The highest BCUT2D eigenvalue weighted by Gasteiger charge is 2.36. The average molecular weight is 370 g/mol. The Labute approximate surface area is 146 Å². The molecule has 26 heavy (non-hydrogen) atoms. The molecule has 1 aliphatic heterocycles. The van der Waals surface area contributed by atoms with E-state index in [9.17, 15) is 26.7 Å². The molecule has 1 fully saturated rings. The first-order valence-electron chi connectivity index (χ1n) is 7.85. The van der Waals surface area contributed by atoms with Crippen molar-refractivity contribution in [3.63, 3.8) is 0 Å². The lowest BCUT2D eigenvalue weighted by molar-refractivity contribution is -0.138. The zero-order valence-electron chi connectivity index (χ0n) is 13.8. The molecule has 0 atom stereocenters. The quantitative estimate of drug-likeness (QED) is 0.717. The number of rotatable bonds is 3. The number of halogens is 5. The van der Waals surface area contributed by atoms with Crippen molar-refractivity contribution >= 4 is 11.7 Å². The molecule has 2 aromatic carbocycles. The number of carbonyl (C=O) groups excluding carboxylic acids is 1. The predicted molar refractivity (Wildman–Crippen MR) is 85.7 cm³/mol. The normalized spacial score (nSPS) is 15.1. The van der Waals surface area contributed by atoms with Gasteiger partial charge in [0, 0.05) is 30.4 Å². The molecule has 0 aromatic heterocycles. The lowest BCUT2D eigenvalue weighted by atomic mass is 10.1. The van der Waals surface area contributed by atoms with Crippen LogP contribution in [0.3, 0.4) is 0 Å². The number of carbonyl (C=O) groups is 1.